The topological polar surface area (TPSA) is 91.0 Å². The summed E-state index contributed by atoms with van der Waals surface area (Å²) < 4.78 is 29.2. The van der Waals surface area contributed by atoms with Crippen LogP contribution in [0.2, 0.25) is 0 Å². The van der Waals surface area contributed by atoms with Gasteiger partial charge in [0.25, 0.3) is 5.91 Å². The summed E-state index contributed by atoms with van der Waals surface area (Å²) in [5.41, 5.74) is 2.47. The maximum atomic E-state index is 13.6. The van der Waals surface area contributed by atoms with Crippen LogP contribution >= 0.6 is 0 Å². The molecule has 7 nitrogen and oxygen atoms in total. The molecule has 1 unspecified atom stereocenters. The van der Waals surface area contributed by atoms with Gasteiger partial charge in [-0.2, -0.15) is 5.26 Å². The van der Waals surface area contributed by atoms with Crippen molar-refractivity contribution in [2.24, 2.45) is 13.0 Å². The van der Waals surface area contributed by atoms with Gasteiger partial charge in [0.15, 0.2) is 0 Å². The molecule has 1 aromatic carbocycles. The van der Waals surface area contributed by atoms with Gasteiger partial charge < -0.3 is 14.8 Å². The number of anilines is 1. The number of likely N-dealkylation sites (tertiary alicyclic amines) is 1. The van der Waals surface area contributed by atoms with Crippen LogP contribution in [-0.4, -0.2) is 45.3 Å². The Balaban J connectivity index is 1.39. The van der Waals surface area contributed by atoms with Crippen LogP contribution in [0.25, 0.3) is 10.9 Å². The van der Waals surface area contributed by atoms with Crippen LogP contribution in [0.5, 0.6) is 0 Å². The minimum absolute atomic E-state index is 0.0823. The number of rotatable bonds is 4. The molecule has 1 aliphatic heterocycles. The van der Waals surface area contributed by atoms with Crippen molar-refractivity contribution in [1.82, 2.24) is 14.5 Å². The molecule has 186 valence electrons. The molecule has 2 fully saturated rings. The van der Waals surface area contributed by atoms with E-state index in [2.05, 4.69) is 10.3 Å². The normalized spacial score (nSPS) is 19.8. The number of nitriles is 1. The fourth-order valence-electron chi connectivity index (χ4n) is 5.59. The SMILES string of the molecule is Cn1c(NC(=O)c2cc(C#N)ccn2)c(C2CCN(C(=O)C3CCC(F)(F)C3)CC2)c2ccccc21. The molecule has 1 N–H and O–H groups in total. The van der Waals surface area contributed by atoms with Gasteiger partial charge in [0, 0.05) is 61.6 Å². The van der Waals surface area contributed by atoms with Crippen molar-refractivity contribution in [3.63, 3.8) is 0 Å². The standard InChI is InChI=1S/C27H27F2N5O2/c1-33-22-5-3-2-4-20(22)23(24(33)32-25(35)21-14-17(16-30)7-11-31-21)18-8-12-34(13-9-18)26(36)19-6-10-27(28,29)15-19/h2-5,7,11,14,18-19H,6,8-10,12-13,15H2,1H3,(H,32,35). The Kier molecular flexibility index (Phi) is 6.20. The third-order valence-corrected chi connectivity index (χ3v) is 7.47. The molecule has 3 heterocycles. The van der Waals surface area contributed by atoms with Gasteiger partial charge in [0.05, 0.1) is 11.6 Å². The first-order valence-electron chi connectivity index (χ1n) is 12.2. The number of amides is 2. The van der Waals surface area contributed by atoms with E-state index in [0.717, 1.165) is 16.5 Å². The number of hydrogen-bond donors (Lipinski definition) is 1. The lowest BCUT2D eigenvalue weighted by Gasteiger charge is -2.34. The van der Waals surface area contributed by atoms with Crippen LogP contribution in [0.3, 0.4) is 0 Å². The van der Waals surface area contributed by atoms with Gasteiger partial charge in [-0.15, -0.1) is 0 Å². The summed E-state index contributed by atoms with van der Waals surface area (Å²) in [7, 11) is 1.89. The molecule has 2 aromatic heterocycles. The van der Waals surface area contributed by atoms with E-state index < -0.39 is 17.7 Å². The summed E-state index contributed by atoms with van der Waals surface area (Å²) in [6.07, 6.45) is 2.45. The molecule has 0 spiro atoms. The fraction of sp³-hybridized carbons (Fsp3) is 0.407. The van der Waals surface area contributed by atoms with E-state index >= 15 is 0 Å². The number of carbonyl (C=O) groups excluding carboxylic acids is 2. The minimum Gasteiger partial charge on any atom is -0.342 e. The van der Waals surface area contributed by atoms with Crippen molar-refractivity contribution in [1.29, 1.82) is 5.26 Å². The molecule has 5 rings (SSSR count). The maximum absolute atomic E-state index is 13.6. The highest BCUT2D eigenvalue weighted by atomic mass is 19.3. The van der Waals surface area contributed by atoms with Crippen LogP contribution in [0.4, 0.5) is 14.6 Å². The zero-order valence-corrected chi connectivity index (χ0v) is 20.0. The lowest BCUT2D eigenvalue weighted by molar-refractivity contribution is -0.137. The van der Waals surface area contributed by atoms with Crippen LogP contribution < -0.4 is 5.32 Å². The second-order valence-corrected chi connectivity index (χ2v) is 9.73. The Bertz CT molecular complexity index is 1370. The summed E-state index contributed by atoms with van der Waals surface area (Å²) in [5.74, 6) is -3.17. The Morgan fingerprint density at radius 3 is 2.61 bits per heavy atom. The first-order valence-corrected chi connectivity index (χ1v) is 12.2. The Hall–Kier alpha value is -3.80. The van der Waals surface area contributed by atoms with Crippen molar-refractivity contribution >= 4 is 28.5 Å². The summed E-state index contributed by atoms with van der Waals surface area (Å²) in [6.45, 7) is 0.988. The third kappa shape index (κ3) is 4.43. The van der Waals surface area contributed by atoms with Crippen LogP contribution in [0, 0.1) is 17.2 Å². The van der Waals surface area contributed by atoms with E-state index in [1.54, 1.807) is 11.0 Å². The average Bonchev–Trinajstić information content (AvgIpc) is 3.40. The highest BCUT2D eigenvalue weighted by Gasteiger charge is 2.44. The van der Waals surface area contributed by atoms with Gasteiger partial charge in [-0.25, -0.2) is 8.78 Å². The third-order valence-electron chi connectivity index (χ3n) is 7.47. The van der Waals surface area contributed by atoms with Gasteiger partial charge in [-0.05, 0) is 43.4 Å². The minimum atomic E-state index is -2.74. The van der Waals surface area contributed by atoms with Crippen molar-refractivity contribution in [3.05, 3.63) is 59.4 Å². The quantitative estimate of drug-likeness (QED) is 0.566. The number of nitrogens with one attached hydrogen (secondary N) is 1. The summed E-state index contributed by atoms with van der Waals surface area (Å²) in [5, 5.41) is 13.2. The number of aromatic nitrogens is 2. The molecule has 1 atom stereocenters. The number of piperidine rings is 1. The molecular weight excluding hydrogens is 464 g/mol. The highest BCUT2D eigenvalue weighted by Crippen LogP contribution is 2.42. The van der Waals surface area contributed by atoms with E-state index in [4.69, 9.17) is 5.26 Å². The number of halogens is 2. The van der Waals surface area contributed by atoms with E-state index in [1.165, 1.54) is 12.3 Å². The smallest absolute Gasteiger partial charge is 0.275 e. The molecule has 0 radical (unpaired) electrons. The van der Waals surface area contributed by atoms with Crippen molar-refractivity contribution < 1.29 is 18.4 Å². The van der Waals surface area contributed by atoms with Crippen molar-refractivity contribution in [2.75, 3.05) is 18.4 Å². The Labute approximate surface area is 207 Å². The van der Waals surface area contributed by atoms with Gasteiger partial charge in [0.2, 0.25) is 11.8 Å². The van der Waals surface area contributed by atoms with E-state index in [1.807, 2.05) is 41.9 Å². The number of para-hydroxylation sites is 1. The second kappa shape index (κ2) is 9.34. The van der Waals surface area contributed by atoms with Crippen LogP contribution in [0.1, 0.15) is 59.6 Å². The largest absolute Gasteiger partial charge is 0.342 e. The average molecular weight is 492 g/mol. The monoisotopic (exact) mass is 491 g/mol. The molecule has 2 aliphatic rings. The predicted octanol–water partition coefficient (Wildman–Crippen LogP) is 4.84. The van der Waals surface area contributed by atoms with E-state index in [9.17, 15) is 18.4 Å². The van der Waals surface area contributed by atoms with E-state index in [0.29, 0.717) is 37.3 Å². The predicted molar refractivity (Wildman–Crippen MR) is 131 cm³/mol. The number of pyridine rings is 1. The maximum Gasteiger partial charge on any atom is 0.275 e. The molecule has 3 aromatic rings. The number of hydrogen-bond acceptors (Lipinski definition) is 4. The van der Waals surface area contributed by atoms with Crippen LogP contribution in [0.15, 0.2) is 42.6 Å². The highest BCUT2D eigenvalue weighted by molar-refractivity contribution is 6.05. The number of benzene rings is 1. The van der Waals surface area contributed by atoms with Gasteiger partial charge in [-0.1, -0.05) is 18.2 Å². The lowest BCUT2D eigenvalue weighted by atomic mass is 9.88. The molecule has 1 aliphatic carbocycles. The lowest BCUT2D eigenvalue weighted by Crippen LogP contribution is -2.41. The molecule has 1 saturated heterocycles. The van der Waals surface area contributed by atoms with Crippen molar-refractivity contribution in [3.8, 4) is 6.07 Å². The van der Waals surface area contributed by atoms with Crippen molar-refractivity contribution in [2.45, 2.75) is 43.9 Å². The first kappa shape index (κ1) is 23.9. The van der Waals surface area contributed by atoms with Gasteiger partial charge in [0.1, 0.15) is 11.5 Å². The number of fused-ring (bicyclic) bond motifs is 1. The number of aryl methyl sites for hydroxylation is 1. The molecule has 2 amide bonds. The Morgan fingerprint density at radius 1 is 1.17 bits per heavy atom. The molecule has 0 bridgehead atoms. The molecule has 1 saturated carbocycles. The van der Waals surface area contributed by atoms with Gasteiger partial charge in [-0.3, -0.25) is 14.6 Å². The summed E-state index contributed by atoms with van der Waals surface area (Å²) >= 11 is 0. The summed E-state index contributed by atoms with van der Waals surface area (Å²) in [6, 6.07) is 12.9. The fourth-order valence-corrected chi connectivity index (χ4v) is 5.59. The number of carbonyl (C=O) groups is 2. The number of nitrogens with zero attached hydrogens (tertiary/aromatic N) is 4. The molecule has 36 heavy (non-hydrogen) atoms. The van der Waals surface area contributed by atoms with E-state index in [-0.39, 0.29) is 36.8 Å². The summed E-state index contributed by atoms with van der Waals surface area (Å²) in [4.78, 5) is 31.8. The Morgan fingerprint density at radius 2 is 1.92 bits per heavy atom. The zero-order chi connectivity index (χ0) is 25.4. The second-order valence-electron chi connectivity index (χ2n) is 9.73. The molecular formula is C27H27F2N5O2. The van der Waals surface area contributed by atoms with Gasteiger partial charge >= 0.3 is 0 Å². The number of alkyl halides is 2. The molecule has 9 heteroatoms. The first-order chi connectivity index (χ1) is 17.3. The van der Waals surface area contributed by atoms with Crippen LogP contribution in [-0.2, 0) is 11.8 Å². The zero-order valence-electron chi connectivity index (χ0n) is 20.0.